The standard InChI is InChI=1S/C27H27ClN4OS/c1-3-25(33)29-23(16-20-10-6-4-7-11-20)26-30-31-27(34-18-21-12-8-5-9-13-21)32(26)24-17-22(28)15-14-19(24)2/h4-15,17,23H,3,16,18H2,1-2H3,(H,29,33). The van der Waals surface area contributed by atoms with E-state index in [0.717, 1.165) is 27.7 Å². The van der Waals surface area contributed by atoms with E-state index in [-0.39, 0.29) is 11.9 Å². The molecule has 4 aromatic rings. The van der Waals surface area contributed by atoms with Gasteiger partial charge in [0.1, 0.15) is 0 Å². The number of rotatable bonds is 9. The summed E-state index contributed by atoms with van der Waals surface area (Å²) in [5, 5.41) is 13.7. The predicted molar refractivity (Wildman–Crippen MR) is 138 cm³/mol. The average Bonchev–Trinajstić information content (AvgIpc) is 3.28. The van der Waals surface area contributed by atoms with Gasteiger partial charge in [-0.3, -0.25) is 9.36 Å². The summed E-state index contributed by atoms with van der Waals surface area (Å²) in [4.78, 5) is 12.5. The highest BCUT2D eigenvalue weighted by Gasteiger charge is 2.25. The van der Waals surface area contributed by atoms with E-state index in [1.165, 1.54) is 5.56 Å². The zero-order valence-corrected chi connectivity index (χ0v) is 20.8. The molecule has 1 N–H and O–H groups in total. The Bertz CT molecular complexity index is 1240. The van der Waals surface area contributed by atoms with Crippen LogP contribution in [0.4, 0.5) is 0 Å². The fraction of sp³-hybridized carbons (Fsp3) is 0.222. The summed E-state index contributed by atoms with van der Waals surface area (Å²) in [6.07, 6.45) is 0.999. The van der Waals surface area contributed by atoms with Gasteiger partial charge in [0.25, 0.3) is 0 Å². The fourth-order valence-electron chi connectivity index (χ4n) is 3.73. The molecule has 0 aliphatic rings. The first-order chi connectivity index (χ1) is 16.5. The summed E-state index contributed by atoms with van der Waals surface area (Å²) < 4.78 is 2.04. The van der Waals surface area contributed by atoms with Crippen LogP contribution in [-0.4, -0.2) is 20.7 Å². The van der Waals surface area contributed by atoms with Gasteiger partial charge in [-0.15, -0.1) is 10.2 Å². The number of carbonyl (C=O) groups excluding carboxylic acids is 1. The van der Waals surface area contributed by atoms with Crippen LogP contribution in [0.25, 0.3) is 5.69 Å². The molecule has 0 saturated heterocycles. The molecule has 0 aliphatic carbocycles. The molecule has 174 valence electrons. The maximum Gasteiger partial charge on any atom is 0.220 e. The normalized spacial score (nSPS) is 11.9. The van der Waals surface area contributed by atoms with E-state index in [9.17, 15) is 4.79 Å². The van der Waals surface area contributed by atoms with Crippen LogP contribution in [0.3, 0.4) is 0 Å². The van der Waals surface area contributed by atoms with Gasteiger partial charge in [0.2, 0.25) is 5.91 Å². The molecule has 0 fully saturated rings. The van der Waals surface area contributed by atoms with E-state index in [1.54, 1.807) is 11.8 Å². The largest absolute Gasteiger partial charge is 0.346 e. The van der Waals surface area contributed by atoms with Crippen LogP contribution >= 0.6 is 23.4 Å². The fourth-order valence-corrected chi connectivity index (χ4v) is 4.80. The van der Waals surface area contributed by atoms with Gasteiger partial charge in [0, 0.05) is 17.2 Å². The van der Waals surface area contributed by atoms with Gasteiger partial charge in [-0.2, -0.15) is 0 Å². The van der Waals surface area contributed by atoms with E-state index in [0.29, 0.717) is 23.7 Å². The SMILES string of the molecule is CCC(=O)NC(Cc1ccccc1)c1nnc(SCc2ccccc2)n1-c1cc(Cl)ccc1C. The van der Waals surface area contributed by atoms with Gasteiger partial charge < -0.3 is 5.32 Å². The minimum absolute atomic E-state index is 0.0308. The lowest BCUT2D eigenvalue weighted by Crippen LogP contribution is -2.31. The van der Waals surface area contributed by atoms with Gasteiger partial charge in [0.15, 0.2) is 11.0 Å². The molecule has 7 heteroatoms. The molecule has 1 amide bonds. The number of hydrogen-bond acceptors (Lipinski definition) is 4. The van der Waals surface area contributed by atoms with Crippen molar-refractivity contribution >= 4 is 29.3 Å². The molecule has 1 heterocycles. The first-order valence-electron chi connectivity index (χ1n) is 11.3. The van der Waals surface area contributed by atoms with Crippen molar-refractivity contribution < 1.29 is 4.79 Å². The summed E-state index contributed by atoms with van der Waals surface area (Å²) in [6.45, 7) is 3.89. The number of nitrogens with one attached hydrogen (secondary N) is 1. The minimum Gasteiger partial charge on any atom is -0.346 e. The molecule has 0 bridgehead atoms. The van der Waals surface area contributed by atoms with Crippen molar-refractivity contribution in [2.75, 3.05) is 0 Å². The second-order valence-corrected chi connectivity index (χ2v) is 9.42. The lowest BCUT2D eigenvalue weighted by molar-refractivity contribution is -0.121. The van der Waals surface area contributed by atoms with E-state index < -0.39 is 0 Å². The number of nitrogens with zero attached hydrogens (tertiary/aromatic N) is 3. The van der Waals surface area contributed by atoms with Gasteiger partial charge in [-0.25, -0.2) is 0 Å². The number of carbonyl (C=O) groups is 1. The molecule has 34 heavy (non-hydrogen) atoms. The molecule has 1 atom stereocenters. The first-order valence-corrected chi connectivity index (χ1v) is 12.6. The molecule has 1 unspecified atom stereocenters. The third-order valence-electron chi connectivity index (χ3n) is 5.53. The molecule has 3 aromatic carbocycles. The van der Waals surface area contributed by atoms with E-state index in [2.05, 4.69) is 39.8 Å². The number of halogens is 1. The third-order valence-corrected chi connectivity index (χ3v) is 6.77. The van der Waals surface area contributed by atoms with Gasteiger partial charge in [-0.05, 0) is 42.2 Å². The van der Waals surface area contributed by atoms with Crippen molar-refractivity contribution in [1.82, 2.24) is 20.1 Å². The lowest BCUT2D eigenvalue weighted by Gasteiger charge is -2.21. The molecular formula is C27H27ClN4OS. The maximum absolute atomic E-state index is 12.5. The topological polar surface area (TPSA) is 59.8 Å². The van der Waals surface area contributed by atoms with Crippen LogP contribution in [0, 0.1) is 6.92 Å². The van der Waals surface area contributed by atoms with Crippen molar-refractivity contribution in [3.63, 3.8) is 0 Å². The molecule has 1 aromatic heterocycles. The summed E-state index contributed by atoms with van der Waals surface area (Å²) in [6, 6.07) is 25.8. The summed E-state index contributed by atoms with van der Waals surface area (Å²) in [5.74, 6) is 1.41. The van der Waals surface area contributed by atoms with Crippen molar-refractivity contribution in [1.29, 1.82) is 0 Å². The quantitative estimate of drug-likeness (QED) is 0.278. The number of aromatic nitrogens is 3. The Morgan fingerprint density at radius 3 is 2.35 bits per heavy atom. The number of aryl methyl sites for hydroxylation is 1. The van der Waals surface area contributed by atoms with Gasteiger partial charge in [0.05, 0.1) is 11.7 Å². The Kier molecular flexibility index (Phi) is 8.03. The lowest BCUT2D eigenvalue weighted by atomic mass is 10.0. The highest BCUT2D eigenvalue weighted by Crippen LogP contribution is 2.31. The molecule has 0 aliphatic heterocycles. The highest BCUT2D eigenvalue weighted by atomic mass is 35.5. The third kappa shape index (κ3) is 5.88. The summed E-state index contributed by atoms with van der Waals surface area (Å²) in [5.41, 5.74) is 4.27. The second-order valence-electron chi connectivity index (χ2n) is 8.04. The zero-order chi connectivity index (χ0) is 23.9. The molecule has 0 saturated carbocycles. The van der Waals surface area contributed by atoms with Crippen molar-refractivity contribution in [2.45, 2.75) is 43.6 Å². The van der Waals surface area contributed by atoms with E-state index in [4.69, 9.17) is 11.6 Å². The monoisotopic (exact) mass is 490 g/mol. The van der Waals surface area contributed by atoms with Crippen LogP contribution in [0.15, 0.2) is 84.0 Å². The minimum atomic E-state index is -0.341. The Hall–Kier alpha value is -3.09. The Balaban J connectivity index is 1.78. The first kappa shape index (κ1) is 24.0. The molecule has 0 radical (unpaired) electrons. The van der Waals surface area contributed by atoms with Crippen LogP contribution in [-0.2, 0) is 17.0 Å². The Labute approximate surface area is 209 Å². The molecule has 0 spiro atoms. The van der Waals surface area contributed by atoms with Crippen molar-refractivity contribution in [3.05, 3.63) is 106 Å². The maximum atomic E-state index is 12.5. The number of hydrogen-bond donors (Lipinski definition) is 1. The molecule has 4 rings (SSSR count). The second kappa shape index (κ2) is 11.4. The summed E-state index contributed by atoms with van der Waals surface area (Å²) >= 11 is 8.01. The summed E-state index contributed by atoms with van der Waals surface area (Å²) in [7, 11) is 0. The van der Waals surface area contributed by atoms with E-state index in [1.807, 2.05) is 73.0 Å². The Morgan fingerprint density at radius 2 is 1.68 bits per heavy atom. The number of thioether (sulfide) groups is 1. The molecular weight excluding hydrogens is 464 g/mol. The zero-order valence-electron chi connectivity index (χ0n) is 19.2. The Morgan fingerprint density at radius 1 is 1.00 bits per heavy atom. The number of amides is 1. The highest BCUT2D eigenvalue weighted by molar-refractivity contribution is 7.98. The van der Waals surface area contributed by atoms with E-state index >= 15 is 0 Å². The van der Waals surface area contributed by atoms with Crippen molar-refractivity contribution in [3.8, 4) is 5.69 Å². The smallest absolute Gasteiger partial charge is 0.220 e. The van der Waals surface area contributed by atoms with Gasteiger partial charge in [-0.1, -0.05) is 97.0 Å². The van der Waals surface area contributed by atoms with Crippen LogP contribution < -0.4 is 5.32 Å². The molecule has 5 nitrogen and oxygen atoms in total. The van der Waals surface area contributed by atoms with Crippen LogP contribution in [0.2, 0.25) is 5.02 Å². The van der Waals surface area contributed by atoms with Crippen LogP contribution in [0.1, 0.15) is 41.9 Å². The van der Waals surface area contributed by atoms with Crippen LogP contribution in [0.5, 0.6) is 0 Å². The average molecular weight is 491 g/mol. The van der Waals surface area contributed by atoms with Gasteiger partial charge >= 0.3 is 0 Å². The van der Waals surface area contributed by atoms with Crippen molar-refractivity contribution in [2.24, 2.45) is 0 Å². The number of benzene rings is 3. The predicted octanol–water partition coefficient (Wildman–Crippen LogP) is 6.33.